The quantitative estimate of drug-likeness (QED) is 0.0371. The number of thiazole rings is 1. The number of anilines is 1. The van der Waals surface area contributed by atoms with Crippen LogP contribution < -0.4 is 31.9 Å². The summed E-state index contributed by atoms with van der Waals surface area (Å²) in [6.07, 6.45) is 1.47. The van der Waals surface area contributed by atoms with Crippen LogP contribution in [0.25, 0.3) is 21.3 Å². The van der Waals surface area contributed by atoms with E-state index in [1.165, 1.54) is 34.1 Å². The number of aliphatic hydroxyl groups excluding tert-OH is 1. The second kappa shape index (κ2) is 26.0. The number of aromatic amines is 1. The number of fused-ring (bicyclic) bond motifs is 1. The average molecular weight is 1240 g/mol. The Balaban J connectivity index is 0.707. The number of primary amides is 1. The molecule has 6 aromatic rings. The standard InChI is InChI=1S/C64H74N9O13PS/c1-34-55(88-33-67-34)41-15-13-37(14-16-41)30-66-59(78)51-29-46(74)31-72(51)62(81)56(64(3,4)5)71-57(76)45-24-39(25-45)23-36-9-11-38(12-10-36)32-86-35(2)47(21-22-53(65)75)69-60(79)52-28-42-8-6-7-40-17-20-49(61(80)73(52)54(40)42)70-58(77)50-27-44-26-43(18-19-48(44)68-50)63(82)87(83,84)85/h6-16,18-19,26-27,33,35,39,45-47,49,51-52,56,68,74H,17,20-25,28-32H2,1-5H3,(H2,65,75)(H,66,78)(H,69,79)(H,70,77)(H,71,76)(H2,83,84,85)/t35-,39-,45-,46-,47+,49+,51+,52+,56-/m1/s1. The fourth-order valence-electron chi connectivity index (χ4n) is 12.4. The summed E-state index contributed by atoms with van der Waals surface area (Å²) in [5.74, 6) is -3.29. The van der Waals surface area contributed by atoms with Crippen molar-refractivity contribution in [2.24, 2.45) is 23.0 Å². The van der Waals surface area contributed by atoms with Crippen LogP contribution in [0.3, 0.4) is 0 Å². The third-order valence-corrected chi connectivity index (χ3v) is 19.1. The number of β-amino-alcohol motifs (C(OH)–C–C–N with tert-alkyl or cyclic N) is 1. The van der Waals surface area contributed by atoms with E-state index in [2.05, 4.69) is 31.2 Å². The summed E-state index contributed by atoms with van der Waals surface area (Å²) >= 11 is 1.56. The molecule has 3 aliphatic heterocycles. The summed E-state index contributed by atoms with van der Waals surface area (Å²) in [7, 11) is -5.06. The Hall–Kier alpha value is -7.92. The molecule has 0 spiro atoms. The van der Waals surface area contributed by atoms with Crippen molar-refractivity contribution in [3.05, 3.63) is 141 Å². The normalized spacial score (nSPS) is 20.9. The molecule has 24 heteroatoms. The number of likely N-dealkylation sites (tertiary alicyclic amines) is 1. The Bertz CT molecular complexity index is 3720. The molecule has 7 amide bonds. The number of hydrogen-bond acceptors (Lipinski definition) is 13. The Morgan fingerprint density at radius 1 is 0.875 bits per heavy atom. The second-order valence-corrected chi connectivity index (χ2v) is 27.2. The van der Waals surface area contributed by atoms with Gasteiger partial charge in [-0.2, -0.15) is 0 Å². The number of H-pyrrole nitrogens is 1. The minimum absolute atomic E-state index is 0.0232. The van der Waals surface area contributed by atoms with E-state index >= 15 is 0 Å². The molecule has 10 rings (SSSR count). The third kappa shape index (κ3) is 14.1. The lowest BCUT2D eigenvalue weighted by molar-refractivity contribution is -0.145. The van der Waals surface area contributed by atoms with Gasteiger partial charge in [-0.1, -0.05) is 87.5 Å². The highest BCUT2D eigenvalue weighted by atomic mass is 32.1. The van der Waals surface area contributed by atoms with Gasteiger partial charge < -0.3 is 56.5 Å². The van der Waals surface area contributed by atoms with E-state index in [0.717, 1.165) is 50.4 Å². The zero-order valence-electron chi connectivity index (χ0n) is 49.6. The Morgan fingerprint density at radius 2 is 1.58 bits per heavy atom. The zero-order valence-corrected chi connectivity index (χ0v) is 51.3. The molecular formula is C64H74N9O13PS. The van der Waals surface area contributed by atoms with Crippen LogP contribution in [0.1, 0.15) is 121 Å². The summed E-state index contributed by atoms with van der Waals surface area (Å²) < 4.78 is 18.0. The first-order valence-electron chi connectivity index (χ1n) is 29.6. The van der Waals surface area contributed by atoms with E-state index < -0.39 is 90.5 Å². The van der Waals surface area contributed by atoms with Gasteiger partial charge in [-0.25, -0.2) is 4.98 Å². The number of rotatable bonds is 22. The van der Waals surface area contributed by atoms with Crippen LogP contribution in [0.15, 0.2) is 96.5 Å². The molecule has 2 aromatic heterocycles. The monoisotopic (exact) mass is 1240 g/mol. The molecule has 22 nitrogen and oxygen atoms in total. The zero-order chi connectivity index (χ0) is 62.9. The molecule has 1 saturated carbocycles. The number of carbonyl (C=O) groups is 8. The minimum atomic E-state index is -5.06. The van der Waals surface area contributed by atoms with Crippen molar-refractivity contribution < 1.29 is 62.6 Å². The molecular weight excluding hydrogens is 1170 g/mol. The van der Waals surface area contributed by atoms with Crippen molar-refractivity contribution in [1.82, 2.24) is 36.1 Å². The molecule has 0 radical (unpaired) electrons. The van der Waals surface area contributed by atoms with Crippen LogP contribution in [0.5, 0.6) is 0 Å². The Morgan fingerprint density at radius 3 is 2.26 bits per heavy atom. The number of carbonyl (C=O) groups excluding carboxylic acids is 8. The molecule has 0 unspecified atom stereocenters. The molecule has 2 fully saturated rings. The number of nitrogens with one attached hydrogen (secondary N) is 5. The second-order valence-electron chi connectivity index (χ2n) is 24.8. The van der Waals surface area contributed by atoms with Gasteiger partial charge in [0.05, 0.1) is 46.6 Å². The molecule has 88 heavy (non-hydrogen) atoms. The van der Waals surface area contributed by atoms with Crippen molar-refractivity contribution in [3.63, 3.8) is 0 Å². The molecule has 7 atom stereocenters. The average Bonchev–Trinajstić information content (AvgIpc) is 1.71. The van der Waals surface area contributed by atoms with E-state index in [4.69, 9.17) is 10.5 Å². The van der Waals surface area contributed by atoms with Crippen molar-refractivity contribution in [3.8, 4) is 10.4 Å². The van der Waals surface area contributed by atoms with Crippen LogP contribution in [0, 0.1) is 24.2 Å². The van der Waals surface area contributed by atoms with Crippen LogP contribution >= 0.6 is 18.9 Å². The number of aryl methyl sites for hydroxylation is 2. The largest absolute Gasteiger partial charge is 0.396 e. The Kier molecular flexibility index (Phi) is 18.7. The molecule has 0 bridgehead atoms. The number of nitrogens with two attached hydrogens (primary N) is 1. The third-order valence-electron chi connectivity index (χ3n) is 17.3. The molecule has 4 aromatic carbocycles. The van der Waals surface area contributed by atoms with E-state index in [0.29, 0.717) is 35.9 Å². The number of aromatic nitrogens is 2. The van der Waals surface area contributed by atoms with Gasteiger partial charge in [-0.3, -0.25) is 47.8 Å². The van der Waals surface area contributed by atoms with E-state index in [-0.39, 0.29) is 86.7 Å². The maximum atomic E-state index is 14.6. The lowest BCUT2D eigenvalue weighted by atomic mass is 9.71. The van der Waals surface area contributed by atoms with Crippen molar-refractivity contribution in [1.29, 1.82) is 0 Å². The van der Waals surface area contributed by atoms with Gasteiger partial charge in [0.25, 0.3) is 11.4 Å². The smallest absolute Gasteiger partial charge is 0.391 e. The SMILES string of the molecule is Cc1ncsc1-c1ccc(CNC(=O)[C@@H]2C[C@@H](O)CN2C(=O)[C@@H](NC(=O)[C@H]2C[C@H](Cc3ccc(CO[C@H](C)[C@H](CCC(N)=O)NC(=O)[C@@H]4Cc5cccc6c5N4C(=O)[C@@H](NC(=O)c4cc5cc(C(=O)P(=O)(O)O)ccc5[nH]4)CC6)cc3)C2)C(C)(C)C)cc1. The molecule has 5 heterocycles. The molecule has 1 aliphatic carbocycles. The van der Waals surface area contributed by atoms with Crippen LogP contribution in [-0.4, -0.2) is 126 Å². The van der Waals surface area contributed by atoms with Crippen LogP contribution in [0.4, 0.5) is 5.69 Å². The number of amides is 7. The number of ether oxygens (including phenoxy) is 1. The lowest BCUT2D eigenvalue weighted by Crippen LogP contribution is -2.59. The van der Waals surface area contributed by atoms with Gasteiger partial charge in [-0.15, -0.1) is 11.3 Å². The summed E-state index contributed by atoms with van der Waals surface area (Å²) in [4.78, 5) is 139. The molecule has 4 aliphatic rings. The number of nitrogens with zero attached hydrogens (tertiary/aromatic N) is 3. The number of benzene rings is 4. The van der Waals surface area contributed by atoms with Crippen molar-refractivity contribution >= 4 is 82.4 Å². The number of hydrogen-bond donors (Lipinski definition) is 9. The van der Waals surface area contributed by atoms with Crippen molar-refractivity contribution in [2.75, 3.05) is 11.4 Å². The topological polar surface area (TPSA) is 333 Å². The fraction of sp³-hybridized carbons (Fsp3) is 0.422. The molecule has 464 valence electrons. The summed E-state index contributed by atoms with van der Waals surface area (Å²) in [5, 5.41) is 22.9. The van der Waals surface area contributed by atoms with Crippen molar-refractivity contribution in [2.45, 2.75) is 148 Å². The van der Waals surface area contributed by atoms with E-state index in [9.17, 15) is 57.8 Å². The first-order valence-corrected chi connectivity index (χ1v) is 32.1. The summed E-state index contributed by atoms with van der Waals surface area (Å²) in [6.45, 7) is 9.73. The lowest BCUT2D eigenvalue weighted by Gasteiger charge is -2.39. The molecule has 10 N–H and O–H groups in total. The van der Waals surface area contributed by atoms with Gasteiger partial charge in [0.1, 0.15) is 29.9 Å². The minimum Gasteiger partial charge on any atom is -0.391 e. The first-order chi connectivity index (χ1) is 41.8. The van der Waals surface area contributed by atoms with Gasteiger partial charge in [0.15, 0.2) is 0 Å². The van der Waals surface area contributed by atoms with Gasteiger partial charge >= 0.3 is 7.60 Å². The molecule has 1 saturated heterocycles. The summed E-state index contributed by atoms with van der Waals surface area (Å²) in [6, 6.07) is 22.1. The highest BCUT2D eigenvalue weighted by Crippen LogP contribution is 2.42. The van der Waals surface area contributed by atoms with E-state index in [1.807, 2.05) is 94.4 Å². The van der Waals surface area contributed by atoms with Crippen LogP contribution in [0.2, 0.25) is 0 Å². The maximum Gasteiger partial charge on any atom is 0.396 e. The van der Waals surface area contributed by atoms with E-state index in [1.54, 1.807) is 23.8 Å². The highest BCUT2D eigenvalue weighted by molar-refractivity contribution is 7.70. The van der Waals surface area contributed by atoms with Gasteiger partial charge in [0.2, 0.25) is 35.4 Å². The van der Waals surface area contributed by atoms with Gasteiger partial charge in [0, 0.05) is 54.7 Å². The number of aliphatic hydroxyl groups is 1. The maximum absolute atomic E-state index is 14.6. The highest BCUT2D eigenvalue weighted by Gasteiger charge is 2.47. The van der Waals surface area contributed by atoms with Gasteiger partial charge in [-0.05, 0) is 121 Å². The fourth-order valence-corrected chi connectivity index (χ4v) is 13.7. The Labute approximate surface area is 512 Å². The predicted octanol–water partition coefficient (Wildman–Crippen LogP) is 5.65. The summed E-state index contributed by atoms with van der Waals surface area (Å²) in [5.41, 5.74) is 12.6. The predicted molar refractivity (Wildman–Crippen MR) is 328 cm³/mol. The first kappa shape index (κ1) is 63.1. The number of para-hydroxylation sites is 1. The van der Waals surface area contributed by atoms with Crippen LogP contribution in [-0.2, 0) is 70.5 Å².